The molecule has 0 aliphatic rings. The number of hydrogen-bond acceptors (Lipinski definition) is 3. The second-order valence-electron chi connectivity index (χ2n) is 4.10. The highest BCUT2D eigenvalue weighted by atomic mass is 16.3. The summed E-state index contributed by atoms with van der Waals surface area (Å²) in [6, 6.07) is 10.1. The summed E-state index contributed by atoms with van der Waals surface area (Å²) < 4.78 is 0. The van der Waals surface area contributed by atoms with Crippen LogP contribution >= 0.6 is 0 Å². The Morgan fingerprint density at radius 3 is 2.68 bits per heavy atom. The van der Waals surface area contributed by atoms with Crippen molar-refractivity contribution < 1.29 is 9.90 Å². The number of nitrogens with zero attached hydrogens (tertiary/aromatic N) is 1. The van der Waals surface area contributed by atoms with Crippen LogP contribution in [0.1, 0.15) is 11.3 Å². The number of aromatic hydroxyl groups is 1. The van der Waals surface area contributed by atoms with Crippen molar-refractivity contribution in [1.82, 2.24) is 4.98 Å². The number of hydrogen-bond donors (Lipinski definition) is 2. The van der Waals surface area contributed by atoms with Gasteiger partial charge in [0.25, 0.3) is 0 Å². The van der Waals surface area contributed by atoms with Crippen molar-refractivity contribution in [2.75, 3.05) is 5.32 Å². The van der Waals surface area contributed by atoms with Crippen molar-refractivity contribution in [1.29, 1.82) is 0 Å². The Bertz CT molecular complexity index is 604. The number of phenols is 1. The van der Waals surface area contributed by atoms with Crippen molar-refractivity contribution in [2.24, 2.45) is 0 Å². The fourth-order valence-corrected chi connectivity index (χ4v) is 1.56. The SMILES string of the molecule is Cc1cc(NC(=O)/C=C/c2ccc(O)cc2)ccn1. The van der Waals surface area contributed by atoms with Crippen molar-refractivity contribution in [3.05, 3.63) is 59.9 Å². The van der Waals surface area contributed by atoms with Crippen LogP contribution in [0.15, 0.2) is 48.7 Å². The lowest BCUT2D eigenvalue weighted by Crippen LogP contribution is -2.07. The van der Waals surface area contributed by atoms with Crippen LogP contribution in [0, 0.1) is 6.92 Å². The van der Waals surface area contributed by atoms with Crippen LogP contribution in [0.4, 0.5) is 5.69 Å². The number of aromatic nitrogens is 1. The molecule has 0 radical (unpaired) electrons. The van der Waals surface area contributed by atoms with Crippen LogP contribution in [0.3, 0.4) is 0 Å². The summed E-state index contributed by atoms with van der Waals surface area (Å²) in [6.07, 6.45) is 4.78. The normalized spacial score (nSPS) is 10.6. The molecule has 2 rings (SSSR count). The number of aryl methyl sites for hydroxylation is 1. The Balaban J connectivity index is 1.99. The number of rotatable bonds is 3. The second-order valence-corrected chi connectivity index (χ2v) is 4.10. The number of benzene rings is 1. The van der Waals surface area contributed by atoms with Crippen LogP contribution in [-0.2, 0) is 4.79 Å². The molecule has 2 aromatic rings. The molecule has 0 bridgehead atoms. The van der Waals surface area contributed by atoms with E-state index >= 15 is 0 Å². The molecule has 0 aliphatic heterocycles. The predicted molar refractivity (Wildman–Crippen MR) is 74.7 cm³/mol. The first-order valence-corrected chi connectivity index (χ1v) is 5.84. The third kappa shape index (κ3) is 3.96. The number of anilines is 1. The molecule has 2 N–H and O–H groups in total. The molecule has 4 heteroatoms. The topological polar surface area (TPSA) is 62.2 Å². The van der Waals surface area contributed by atoms with Gasteiger partial charge in [-0.3, -0.25) is 9.78 Å². The molecular weight excluding hydrogens is 240 g/mol. The highest BCUT2D eigenvalue weighted by Crippen LogP contribution is 2.11. The molecule has 0 atom stereocenters. The summed E-state index contributed by atoms with van der Waals surface area (Å²) in [5.41, 5.74) is 2.41. The molecule has 0 fully saturated rings. The zero-order valence-corrected chi connectivity index (χ0v) is 10.5. The second kappa shape index (κ2) is 5.82. The lowest BCUT2D eigenvalue weighted by Gasteiger charge is -2.02. The van der Waals surface area contributed by atoms with Crippen LogP contribution in [0.25, 0.3) is 6.08 Å². The van der Waals surface area contributed by atoms with Crippen molar-refractivity contribution >= 4 is 17.7 Å². The van der Waals surface area contributed by atoms with E-state index < -0.39 is 0 Å². The molecule has 19 heavy (non-hydrogen) atoms. The van der Waals surface area contributed by atoms with Gasteiger partial charge in [0, 0.05) is 23.7 Å². The zero-order chi connectivity index (χ0) is 13.7. The maximum absolute atomic E-state index is 11.7. The lowest BCUT2D eigenvalue weighted by molar-refractivity contribution is -0.111. The van der Waals surface area contributed by atoms with E-state index in [1.165, 1.54) is 6.08 Å². The lowest BCUT2D eigenvalue weighted by atomic mass is 10.2. The average molecular weight is 254 g/mol. The summed E-state index contributed by atoms with van der Waals surface area (Å²) in [5, 5.41) is 11.9. The van der Waals surface area contributed by atoms with Gasteiger partial charge in [-0.2, -0.15) is 0 Å². The van der Waals surface area contributed by atoms with Gasteiger partial charge >= 0.3 is 0 Å². The van der Waals surface area contributed by atoms with Gasteiger partial charge in [-0.1, -0.05) is 12.1 Å². The summed E-state index contributed by atoms with van der Waals surface area (Å²) >= 11 is 0. The van der Waals surface area contributed by atoms with E-state index in [4.69, 9.17) is 5.11 Å². The van der Waals surface area contributed by atoms with Crippen LogP contribution in [-0.4, -0.2) is 16.0 Å². The Morgan fingerprint density at radius 1 is 1.26 bits per heavy atom. The molecule has 1 aromatic carbocycles. The molecular formula is C15H14N2O2. The summed E-state index contributed by atoms with van der Waals surface area (Å²) in [6.45, 7) is 1.86. The molecule has 0 spiro atoms. The monoisotopic (exact) mass is 254 g/mol. The fourth-order valence-electron chi connectivity index (χ4n) is 1.56. The predicted octanol–water partition coefficient (Wildman–Crippen LogP) is 2.75. The van der Waals surface area contributed by atoms with Crippen molar-refractivity contribution in [3.8, 4) is 5.75 Å². The van der Waals surface area contributed by atoms with Crippen LogP contribution in [0.2, 0.25) is 0 Å². The van der Waals surface area contributed by atoms with Crippen molar-refractivity contribution in [2.45, 2.75) is 6.92 Å². The Labute approximate surface area is 111 Å². The van der Waals surface area contributed by atoms with E-state index in [0.717, 1.165) is 11.3 Å². The first-order valence-electron chi connectivity index (χ1n) is 5.84. The van der Waals surface area contributed by atoms with Gasteiger partial charge < -0.3 is 10.4 Å². The molecule has 96 valence electrons. The quantitative estimate of drug-likeness (QED) is 0.828. The van der Waals surface area contributed by atoms with Crippen LogP contribution in [0.5, 0.6) is 5.75 Å². The van der Waals surface area contributed by atoms with Crippen molar-refractivity contribution in [3.63, 3.8) is 0 Å². The molecule has 1 amide bonds. The van der Waals surface area contributed by atoms with Gasteiger partial charge in [-0.15, -0.1) is 0 Å². The summed E-state index contributed by atoms with van der Waals surface area (Å²) in [4.78, 5) is 15.8. The molecule has 0 saturated carbocycles. The minimum Gasteiger partial charge on any atom is -0.508 e. The molecule has 0 aliphatic carbocycles. The number of nitrogens with one attached hydrogen (secondary N) is 1. The minimum atomic E-state index is -0.210. The number of carbonyl (C=O) groups is 1. The van der Waals surface area contributed by atoms with Gasteiger partial charge in [-0.05, 0) is 42.8 Å². The van der Waals surface area contributed by atoms with E-state index in [9.17, 15) is 4.79 Å². The number of carbonyl (C=O) groups excluding carboxylic acids is 1. The number of phenolic OH excluding ortho intramolecular Hbond substituents is 1. The molecule has 0 unspecified atom stereocenters. The highest BCUT2D eigenvalue weighted by molar-refractivity contribution is 6.01. The number of pyridine rings is 1. The Kier molecular flexibility index (Phi) is 3.93. The van der Waals surface area contributed by atoms with E-state index in [0.29, 0.717) is 5.69 Å². The van der Waals surface area contributed by atoms with E-state index in [2.05, 4.69) is 10.3 Å². The third-order valence-electron chi connectivity index (χ3n) is 2.48. The van der Waals surface area contributed by atoms with E-state index in [-0.39, 0.29) is 11.7 Å². The summed E-state index contributed by atoms with van der Waals surface area (Å²) in [5.74, 6) is -0.00691. The first kappa shape index (κ1) is 12.8. The zero-order valence-electron chi connectivity index (χ0n) is 10.5. The maximum Gasteiger partial charge on any atom is 0.248 e. The van der Waals surface area contributed by atoms with Gasteiger partial charge in [-0.25, -0.2) is 0 Å². The fraction of sp³-hybridized carbons (Fsp3) is 0.0667. The van der Waals surface area contributed by atoms with Gasteiger partial charge in [0.2, 0.25) is 5.91 Å². The Hall–Kier alpha value is -2.62. The molecule has 0 saturated heterocycles. The average Bonchev–Trinajstić information content (AvgIpc) is 2.38. The van der Waals surface area contributed by atoms with E-state index in [1.807, 2.05) is 6.92 Å². The van der Waals surface area contributed by atoms with Crippen LogP contribution < -0.4 is 5.32 Å². The third-order valence-corrected chi connectivity index (χ3v) is 2.48. The summed E-state index contributed by atoms with van der Waals surface area (Å²) in [7, 11) is 0. The maximum atomic E-state index is 11.7. The molecule has 1 heterocycles. The molecule has 4 nitrogen and oxygen atoms in total. The van der Waals surface area contributed by atoms with E-state index in [1.54, 1.807) is 48.7 Å². The largest absolute Gasteiger partial charge is 0.508 e. The van der Waals surface area contributed by atoms with Gasteiger partial charge in [0.15, 0.2) is 0 Å². The minimum absolute atomic E-state index is 0.203. The standard InChI is InChI=1S/C15H14N2O2/c1-11-10-13(8-9-16-11)17-15(19)7-4-12-2-5-14(18)6-3-12/h2-10,18H,1H3,(H,16,17,19)/b7-4+. The Morgan fingerprint density at radius 2 is 2.00 bits per heavy atom. The smallest absolute Gasteiger partial charge is 0.248 e. The number of amides is 1. The molecule has 1 aromatic heterocycles. The highest BCUT2D eigenvalue weighted by Gasteiger charge is 1.98. The first-order chi connectivity index (χ1) is 9.13. The van der Waals surface area contributed by atoms with Gasteiger partial charge in [0.05, 0.1) is 0 Å². The van der Waals surface area contributed by atoms with Gasteiger partial charge in [0.1, 0.15) is 5.75 Å².